The highest BCUT2D eigenvalue weighted by atomic mass is 35.5. The van der Waals surface area contributed by atoms with E-state index in [1.54, 1.807) is 25.2 Å². The predicted molar refractivity (Wildman–Crippen MR) is 130 cm³/mol. The van der Waals surface area contributed by atoms with Gasteiger partial charge >= 0.3 is 6.03 Å². The number of benzene rings is 3. The lowest BCUT2D eigenvalue weighted by Gasteiger charge is -2.25. The van der Waals surface area contributed by atoms with Crippen LogP contribution in [0, 0.1) is 0 Å². The van der Waals surface area contributed by atoms with E-state index in [0.29, 0.717) is 22.2 Å². The highest BCUT2D eigenvalue weighted by Gasteiger charge is 2.28. The lowest BCUT2D eigenvalue weighted by Crippen LogP contribution is -2.52. The summed E-state index contributed by atoms with van der Waals surface area (Å²) < 4.78 is 37.8. The van der Waals surface area contributed by atoms with Gasteiger partial charge in [-0.1, -0.05) is 41.9 Å². The number of hydrogen-bond acceptors (Lipinski definition) is 6. The summed E-state index contributed by atoms with van der Waals surface area (Å²) >= 11 is 5.81. The minimum absolute atomic E-state index is 0.0941. The number of halogens is 1. The summed E-state index contributed by atoms with van der Waals surface area (Å²) in [7, 11) is -2.62. The number of rotatable bonds is 7. The fraction of sp³-hybridized carbons (Fsp3) is 0.167. The second-order valence-electron chi connectivity index (χ2n) is 7.71. The summed E-state index contributed by atoms with van der Waals surface area (Å²) in [5.74, 6) is 0.619. The molecular formula is C24H22ClN3O6S. The van der Waals surface area contributed by atoms with Gasteiger partial charge in [-0.25, -0.2) is 17.9 Å². The van der Waals surface area contributed by atoms with Crippen LogP contribution < -0.4 is 24.4 Å². The fourth-order valence-corrected chi connectivity index (χ4v) is 4.53. The van der Waals surface area contributed by atoms with Crippen molar-refractivity contribution < 1.29 is 27.5 Å². The SMILES string of the molecule is CN(C(=O)C(Cc1ccccc1)NC(=O)NS(=O)(=O)c1ccc(Cl)cc1)c1ccc2c(c1)OCO2. The molecule has 3 amide bonds. The van der Waals surface area contributed by atoms with Gasteiger partial charge in [0.15, 0.2) is 11.5 Å². The number of amides is 3. The second-order valence-corrected chi connectivity index (χ2v) is 9.83. The van der Waals surface area contributed by atoms with Gasteiger partial charge in [-0.05, 0) is 42.0 Å². The molecule has 1 heterocycles. The largest absolute Gasteiger partial charge is 0.454 e. The Bertz CT molecular complexity index is 1330. The molecule has 35 heavy (non-hydrogen) atoms. The molecule has 3 aromatic carbocycles. The molecule has 0 radical (unpaired) electrons. The topological polar surface area (TPSA) is 114 Å². The maximum absolute atomic E-state index is 13.4. The zero-order valence-corrected chi connectivity index (χ0v) is 20.2. The third kappa shape index (κ3) is 5.84. The van der Waals surface area contributed by atoms with E-state index < -0.39 is 28.0 Å². The van der Waals surface area contributed by atoms with E-state index in [4.69, 9.17) is 21.1 Å². The Balaban J connectivity index is 1.53. The molecule has 0 saturated heterocycles. The van der Waals surface area contributed by atoms with Crippen LogP contribution in [0.2, 0.25) is 5.02 Å². The first kappa shape index (κ1) is 24.4. The molecule has 0 bridgehead atoms. The van der Waals surface area contributed by atoms with Crippen LogP contribution in [0.4, 0.5) is 10.5 Å². The molecule has 1 aliphatic heterocycles. The van der Waals surface area contributed by atoms with Crippen LogP contribution in [-0.4, -0.2) is 40.2 Å². The van der Waals surface area contributed by atoms with Crippen molar-refractivity contribution in [1.29, 1.82) is 0 Å². The van der Waals surface area contributed by atoms with E-state index in [2.05, 4.69) is 5.32 Å². The third-order valence-electron chi connectivity index (χ3n) is 5.31. The van der Waals surface area contributed by atoms with Crippen molar-refractivity contribution in [3.05, 3.63) is 83.4 Å². The van der Waals surface area contributed by atoms with E-state index in [-0.39, 0.29) is 18.1 Å². The first-order valence-corrected chi connectivity index (χ1v) is 12.4. The van der Waals surface area contributed by atoms with E-state index >= 15 is 0 Å². The number of ether oxygens (including phenoxy) is 2. The Kier molecular flexibility index (Phi) is 7.13. The van der Waals surface area contributed by atoms with Gasteiger partial charge in [-0.15, -0.1) is 0 Å². The van der Waals surface area contributed by atoms with Gasteiger partial charge in [0.2, 0.25) is 12.7 Å². The first-order chi connectivity index (χ1) is 16.7. The summed E-state index contributed by atoms with van der Waals surface area (Å²) in [6, 6.07) is 17.4. The Morgan fingerprint density at radius 2 is 1.69 bits per heavy atom. The zero-order valence-electron chi connectivity index (χ0n) is 18.6. The summed E-state index contributed by atoms with van der Waals surface area (Å²) in [6.07, 6.45) is 0.142. The number of nitrogens with one attached hydrogen (secondary N) is 2. The lowest BCUT2D eigenvalue weighted by atomic mass is 10.0. The van der Waals surface area contributed by atoms with Crippen molar-refractivity contribution in [3.8, 4) is 11.5 Å². The Hall–Kier alpha value is -3.76. The van der Waals surface area contributed by atoms with Crippen molar-refractivity contribution in [2.24, 2.45) is 0 Å². The molecule has 182 valence electrons. The highest BCUT2D eigenvalue weighted by Crippen LogP contribution is 2.35. The molecular weight excluding hydrogens is 494 g/mol. The number of sulfonamides is 1. The monoisotopic (exact) mass is 515 g/mol. The number of likely N-dealkylation sites (N-methyl/N-ethyl adjacent to an activating group) is 1. The number of hydrogen-bond donors (Lipinski definition) is 2. The molecule has 4 rings (SSSR count). The summed E-state index contributed by atoms with van der Waals surface area (Å²) in [5.41, 5.74) is 1.30. The van der Waals surface area contributed by atoms with Gasteiger partial charge in [0.05, 0.1) is 4.90 Å². The van der Waals surface area contributed by atoms with Crippen molar-refractivity contribution in [1.82, 2.24) is 10.0 Å². The molecule has 11 heteroatoms. The molecule has 2 N–H and O–H groups in total. The lowest BCUT2D eigenvalue weighted by molar-refractivity contribution is -0.120. The minimum Gasteiger partial charge on any atom is -0.454 e. The molecule has 1 unspecified atom stereocenters. The zero-order chi connectivity index (χ0) is 25.0. The summed E-state index contributed by atoms with van der Waals surface area (Å²) in [5, 5.41) is 2.86. The van der Waals surface area contributed by atoms with Gasteiger partial charge in [0, 0.05) is 30.2 Å². The molecule has 0 fully saturated rings. The van der Waals surface area contributed by atoms with Gasteiger partial charge in [0.1, 0.15) is 6.04 Å². The quantitative estimate of drug-likeness (QED) is 0.499. The van der Waals surface area contributed by atoms with Crippen molar-refractivity contribution >= 4 is 39.2 Å². The average Bonchev–Trinajstić information content (AvgIpc) is 3.31. The standard InChI is InChI=1S/C24H22ClN3O6S/c1-28(18-9-12-21-22(14-18)34-15-33-21)23(29)20(13-16-5-3-2-4-6-16)26-24(30)27-35(31,32)19-10-7-17(25)8-11-19/h2-12,14,20H,13,15H2,1H3,(H2,26,27,30). The van der Waals surface area contributed by atoms with Gasteiger partial charge < -0.3 is 19.7 Å². The van der Waals surface area contributed by atoms with Crippen LogP contribution in [-0.2, 0) is 21.2 Å². The molecule has 1 atom stereocenters. The highest BCUT2D eigenvalue weighted by molar-refractivity contribution is 7.90. The van der Waals surface area contributed by atoms with Crippen LogP contribution in [0.3, 0.4) is 0 Å². The number of nitrogens with zero attached hydrogens (tertiary/aromatic N) is 1. The second kappa shape index (κ2) is 10.2. The molecule has 9 nitrogen and oxygen atoms in total. The Morgan fingerprint density at radius 3 is 2.40 bits per heavy atom. The van der Waals surface area contributed by atoms with E-state index in [1.807, 2.05) is 35.1 Å². The summed E-state index contributed by atoms with van der Waals surface area (Å²) in [4.78, 5) is 27.3. The summed E-state index contributed by atoms with van der Waals surface area (Å²) in [6.45, 7) is 0.0941. The van der Waals surface area contributed by atoms with Crippen molar-refractivity contribution in [2.45, 2.75) is 17.4 Å². The smallest absolute Gasteiger partial charge is 0.329 e. The Labute approximate surface area is 207 Å². The average molecular weight is 516 g/mol. The number of urea groups is 1. The number of anilines is 1. The molecule has 0 aromatic heterocycles. The molecule has 0 saturated carbocycles. The van der Waals surface area contributed by atoms with Gasteiger partial charge in [0.25, 0.3) is 10.0 Å². The Morgan fingerprint density at radius 1 is 1.00 bits per heavy atom. The van der Waals surface area contributed by atoms with Crippen LogP contribution in [0.1, 0.15) is 5.56 Å². The van der Waals surface area contributed by atoms with Crippen molar-refractivity contribution in [2.75, 3.05) is 18.7 Å². The van der Waals surface area contributed by atoms with E-state index in [1.165, 1.54) is 29.2 Å². The van der Waals surface area contributed by atoms with E-state index in [0.717, 1.165) is 5.56 Å². The van der Waals surface area contributed by atoms with Crippen LogP contribution >= 0.6 is 11.6 Å². The maximum Gasteiger partial charge on any atom is 0.329 e. The fourth-order valence-electron chi connectivity index (χ4n) is 3.49. The molecule has 0 aliphatic carbocycles. The third-order valence-corrected chi connectivity index (χ3v) is 6.91. The van der Waals surface area contributed by atoms with Crippen molar-refractivity contribution in [3.63, 3.8) is 0 Å². The van der Waals surface area contributed by atoms with Gasteiger partial charge in [-0.3, -0.25) is 4.79 Å². The molecule has 1 aliphatic rings. The van der Waals surface area contributed by atoms with Crippen LogP contribution in [0.5, 0.6) is 11.5 Å². The van der Waals surface area contributed by atoms with Gasteiger partial charge in [-0.2, -0.15) is 0 Å². The number of fused-ring (bicyclic) bond motifs is 1. The molecule has 0 spiro atoms. The first-order valence-electron chi connectivity index (χ1n) is 10.5. The minimum atomic E-state index is -4.18. The van der Waals surface area contributed by atoms with E-state index in [9.17, 15) is 18.0 Å². The van der Waals surface area contributed by atoms with Crippen LogP contribution in [0.15, 0.2) is 77.7 Å². The number of carbonyl (C=O) groups is 2. The normalized spacial score (nSPS) is 13.1. The van der Waals surface area contributed by atoms with Crippen LogP contribution in [0.25, 0.3) is 0 Å². The maximum atomic E-state index is 13.4. The predicted octanol–water partition coefficient (Wildman–Crippen LogP) is 3.33. The molecule has 3 aromatic rings. The number of carbonyl (C=O) groups excluding carboxylic acids is 2.